The number of hydrogen-bond acceptors (Lipinski definition) is 6. The van der Waals surface area contributed by atoms with E-state index in [-0.39, 0.29) is 5.69 Å². The number of fused-ring (bicyclic) bond motifs is 1. The molecule has 4 rings (SSSR count). The predicted octanol–water partition coefficient (Wildman–Crippen LogP) is 3.84. The van der Waals surface area contributed by atoms with E-state index in [1.165, 1.54) is 0 Å². The van der Waals surface area contributed by atoms with Gasteiger partial charge < -0.3 is 10.4 Å². The number of nitrogens with one attached hydrogen (secondary N) is 1. The first kappa shape index (κ1) is 23.1. The van der Waals surface area contributed by atoms with Gasteiger partial charge in [-0.25, -0.2) is 9.50 Å². The molecule has 34 heavy (non-hydrogen) atoms. The molecule has 172 valence electrons. The van der Waals surface area contributed by atoms with E-state index >= 15 is 0 Å². The van der Waals surface area contributed by atoms with Gasteiger partial charge in [-0.3, -0.25) is 9.78 Å². The van der Waals surface area contributed by atoms with Crippen molar-refractivity contribution < 1.29 is 9.90 Å². The molecule has 1 atom stereocenters. The van der Waals surface area contributed by atoms with Gasteiger partial charge in [-0.2, -0.15) is 10.4 Å². The number of aliphatic hydroxyl groups is 1. The molecule has 0 aliphatic carbocycles. The van der Waals surface area contributed by atoms with E-state index < -0.39 is 17.6 Å². The second-order valence-electron chi connectivity index (χ2n) is 8.98. The minimum atomic E-state index is -1.08. The standard InChI is InChI=1S/C26H26N6O2/c1-15-11-20(12-16(2)28-15)24-23(19-8-6-7-18(13-19)14-27)30-22-10-9-21(31-32(22)24)25(33)29-17(3)26(4,5)34/h6-13,17,34H,1-5H3,(H,29,33). The van der Waals surface area contributed by atoms with E-state index in [1.807, 2.05) is 38.1 Å². The van der Waals surface area contributed by atoms with Crippen molar-refractivity contribution >= 4 is 11.6 Å². The highest BCUT2D eigenvalue weighted by Crippen LogP contribution is 2.33. The lowest BCUT2D eigenvalue weighted by molar-refractivity contribution is 0.0407. The molecule has 3 heterocycles. The van der Waals surface area contributed by atoms with Gasteiger partial charge >= 0.3 is 0 Å². The molecule has 1 unspecified atom stereocenters. The lowest BCUT2D eigenvalue weighted by atomic mass is 10.0. The summed E-state index contributed by atoms with van der Waals surface area (Å²) < 4.78 is 1.65. The van der Waals surface area contributed by atoms with Gasteiger partial charge in [-0.15, -0.1) is 0 Å². The third-order valence-electron chi connectivity index (χ3n) is 5.74. The average molecular weight is 455 g/mol. The van der Waals surface area contributed by atoms with Crippen molar-refractivity contribution in [3.05, 3.63) is 71.2 Å². The first-order valence-corrected chi connectivity index (χ1v) is 11.0. The van der Waals surface area contributed by atoms with E-state index in [0.29, 0.717) is 22.6 Å². The highest BCUT2D eigenvalue weighted by molar-refractivity contribution is 5.93. The third kappa shape index (κ3) is 4.51. The summed E-state index contributed by atoms with van der Waals surface area (Å²) in [6, 6.07) is 16.2. The zero-order valence-electron chi connectivity index (χ0n) is 19.8. The fourth-order valence-electron chi connectivity index (χ4n) is 3.67. The third-order valence-corrected chi connectivity index (χ3v) is 5.74. The maximum absolute atomic E-state index is 12.9. The summed E-state index contributed by atoms with van der Waals surface area (Å²) in [5.41, 5.74) is 4.86. The molecule has 0 saturated carbocycles. The number of nitriles is 1. The Bertz CT molecular complexity index is 1420. The van der Waals surface area contributed by atoms with E-state index in [0.717, 1.165) is 22.5 Å². The van der Waals surface area contributed by atoms with Gasteiger partial charge in [0.25, 0.3) is 5.91 Å². The quantitative estimate of drug-likeness (QED) is 0.473. The van der Waals surface area contributed by atoms with Gasteiger partial charge in [0.1, 0.15) is 11.4 Å². The van der Waals surface area contributed by atoms with Crippen LogP contribution in [0.1, 0.15) is 48.2 Å². The monoisotopic (exact) mass is 454 g/mol. The zero-order valence-corrected chi connectivity index (χ0v) is 19.8. The summed E-state index contributed by atoms with van der Waals surface area (Å²) in [4.78, 5) is 22.2. The molecule has 2 N–H and O–H groups in total. The van der Waals surface area contributed by atoms with Gasteiger partial charge in [0.15, 0.2) is 5.65 Å². The van der Waals surface area contributed by atoms with Crippen LogP contribution in [0.4, 0.5) is 0 Å². The normalized spacial score (nSPS) is 12.4. The minimum Gasteiger partial charge on any atom is -0.388 e. The van der Waals surface area contributed by atoms with Crippen LogP contribution in [0.2, 0.25) is 0 Å². The van der Waals surface area contributed by atoms with E-state index in [4.69, 9.17) is 4.98 Å². The Morgan fingerprint density at radius 1 is 1.09 bits per heavy atom. The molecule has 0 aliphatic rings. The Labute approximate surface area is 197 Å². The van der Waals surface area contributed by atoms with Crippen LogP contribution in [0.25, 0.3) is 28.2 Å². The molecule has 0 fully saturated rings. The topological polar surface area (TPSA) is 116 Å². The number of benzene rings is 1. The van der Waals surface area contributed by atoms with E-state index in [1.54, 1.807) is 49.6 Å². The summed E-state index contributed by atoms with van der Waals surface area (Å²) in [7, 11) is 0. The number of nitrogens with zero attached hydrogens (tertiary/aromatic N) is 5. The molecule has 1 aromatic carbocycles. The fourth-order valence-corrected chi connectivity index (χ4v) is 3.67. The molecule has 8 heteroatoms. The Morgan fingerprint density at radius 3 is 2.44 bits per heavy atom. The van der Waals surface area contributed by atoms with Gasteiger partial charge in [-0.05, 0) is 71.0 Å². The molecular formula is C26H26N6O2. The molecular weight excluding hydrogens is 428 g/mol. The number of aromatic nitrogens is 4. The molecule has 0 saturated heterocycles. The van der Waals surface area contributed by atoms with Crippen LogP contribution < -0.4 is 5.32 Å². The Hall–Kier alpha value is -4.09. The number of imidazole rings is 1. The van der Waals surface area contributed by atoms with Crippen LogP contribution in [-0.2, 0) is 0 Å². The van der Waals surface area contributed by atoms with Crippen LogP contribution in [-0.4, -0.2) is 42.2 Å². The van der Waals surface area contributed by atoms with Gasteiger partial charge in [0, 0.05) is 22.5 Å². The Kier molecular flexibility index (Phi) is 5.90. The Balaban J connectivity index is 1.92. The van der Waals surface area contributed by atoms with E-state index in [9.17, 15) is 15.2 Å². The van der Waals surface area contributed by atoms with Crippen LogP contribution in [0, 0.1) is 25.2 Å². The van der Waals surface area contributed by atoms with Gasteiger partial charge in [-0.1, -0.05) is 12.1 Å². The summed E-state index contributed by atoms with van der Waals surface area (Å²) >= 11 is 0. The van der Waals surface area contributed by atoms with Crippen molar-refractivity contribution in [1.29, 1.82) is 5.26 Å². The summed E-state index contributed by atoms with van der Waals surface area (Å²) in [6.07, 6.45) is 0. The molecule has 3 aromatic heterocycles. The average Bonchev–Trinajstić information content (AvgIpc) is 3.16. The molecule has 8 nitrogen and oxygen atoms in total. The second kappa shape index (κ2) is 8.69. The smallest absolute Gasteiger partial charge is 0.272 e. The lowest BCUT2D eigenvalue weighted by Crippen LogP contribution is -2.47. The number of amides is 1. The first-order valence-electron chi connectivity index (χ1n) is 11.0. The van der Waals surface area contributed by atoms with Crippen molar-refractivity contribution in [3.8, 4) is 28.6 Å². The largest absolute Gasteiger partial charge is 0.388 e. The number of aryl methyl sites for hydroxylation is 2. The fraction of sp³-hybridized carbons (Fsp3) is 0.269. The SMILES string of the molecule is Cc1cc(-c2c(-c3cccc(C#N)c3)nc3ccc(C(=O)NC(C)C(C)(C)O)nn23)cc(C)n1. The number of pyridine rings is 1. The summed E-state index contributed by atoms with van der Waals surface area (Å²) in [5, 5.41) is 27.0. The first-order chi connectivity index (χ1) is 16.1. The van der Waals surface area contributed by atoms with Crippen LogP contribution in [0.5, 0.6) is 0 Å². The predicted molar refractivity (Wildman–Crippen MR) is 129 cm³/mol. The summed E-state index contributed by atoms with van der Waals surface area (Å²) in [6.45, 7) is 8.85. The van der Waals surface area contributed by atoms with Crippen LogP contribution in [0.15, 0.2) is 48.5 Å². The number of hydrogen-bond donors (Lipinski definition) is 2. The van der Waals surface area contributed by atoms with Crippen molar-refractivity contribution in [2.45, 2.75) is 46.3 Å². The maximum atomic E-state index is 12.9. The molecule has 4 aromatic rings. The van der Waals surface area contributed by atoms with Crippen molar-refractivity contribution in [3.63, 3.8) is 0 Å². The second-order valence-corrected chi connectivity index (χ2v) is 8.98. The number of carbonyl (C=O) groups excluding carboxylic acids is 1. The highest BCUT2D eigenvalue weighted by Gasteiger charge is 2.25. The maximum Gasteiger partial charge on any atom is 0.272 e. The van der Waals surface area contributed by atoms with Gasteiger partial charge in [0.2, 0.25) is 0 Å². The highest BCUT2D eigenvalue weighted by atomic mass is 16.3. The molecule has 0 bridgehead atoms. The lowest BCUT2D eigenvalue weighted by Gasteiger charge is -2.26. The summed E-state index contributed by atoms with van der Waals surface area (Å²) in [5.74, 6) is -0.397. The van der Waals surface area contributed by atoms with E-state index in [2.05, 4.69) is 21.5 Å². The molecule has 0 spiro atoms. The number of carbonyl (C=O) groups is 1. The van der Waals surface area contributed by atoms with Crippen LogP contribution >= 0.6 is 0 Å². The van der Waals surface area contributed by atoms with Gasteiger partial charge in [0.05, 0.1) is 29.0 Å². The minimum absolute atomic E-state index is 0.196. The van der Waals surface area contributed by atoms with Crippen molar-refractivity contribution in [2.75, 3.05) is 0 Å². The zero-order chi connectivity index (χ0) is 24.6. The van der Waals surface area contributed by atoms with Crippen LogP contribution in [0.3, 0.4) is 0 Å². The Morgan fingerprint density at radius 2 is 1.79 bits per heavy atom. The van der Waals surface area contributed by atoms with Crippen molar-refractivity contribution in [2.24, 2.45) is 0 Å². The molecule has 0 radical (unpaired) electrons. The molecule has 0 aliphatic heterocycles. The van der Waals surface area contributed by atoms with Crippen molar-refractivity contribution in [1.82, 2.24) is 24.9 Å². The number of rotatable bonds is 5. The molecule has 1 amide bonds.